The zero-order valence-corrected chi connectivity index (χ0v) is 16.7. The summed E-state index contributed by atoms with van der Waals surface area (Å²) in [6.45, 7) is 4.98. The van der Waals surface area contributed by atoms with E-state index in [-0.39, 0.29) is 24.2 Å². The molecular formula is C20H25FN2O3S. The van der Waals surface area contributed by atoms with Crippen LogP contribution in [-0.2, 0) is 27.4 Å². The van der Waals surface area contributed by atoms with Gasteiger partial charge < -0.3 is 14.5 Å². The molecule has 2 aromatic rings. The molecule has 146 valence electrons. The van der Waals surface area contributed by atoms with Gasteiger partial charge in [-0.2, -0.15) is 0 Å². The molecule has 0 spiro atoms. The average Bonchev–Trinajstić information content (AvgIpc) is 3.04. The summed E-state index contributed by atoms with van der Waals surface area (Å²) >= 11 is 1.59. The normalized spacial score (nSPS) is 10.7. The second-order valence-corrected chi connectivity index (χ2v) is 7.34. The first kappa shape index (κ1) is 21.1. The minimum Gasteiger partial charge on any atom is -0.383 e. The number of carbonyl (C=O) groups excluding carboxylic acids is 2. The Bertz CT molecular complexity index is 761. The molecule has 2 rings (SSSR count). The van der Waals surface area contributed by atoms with Crippen molar-refractivity contribution >= 4 is 23.2 Å². The quantitative estimate of drug-likeness (QED) is 0.658. The van der Waals surface area contributed by atoms with Crippen LogP contribution in [0.15, 0.2) is 35.7 Å². The highest BCUT2D eigenvalue weighted by Gasteiger charge is 2.20. The SMILES string of the molecule is COCCN(CC(=O)N(Cc1ccc(F)cc1)Cc1sccc1C)C(C)=O. The van der Waals surface area contributed by atoms with Gasteiger partial charge in [-0.05, 0) is 41.6 Å². The topological polar surface area (TPSA) is 49.9 Å². The Morgan fingerprint density at radius 2 is 1.81 bits per heavy atom. The lowest BCUT2D eigenvalue weighted by Gasteiger charge is -2.27. The van der Waals surface area contributed by atoms with Crippen LogP contribution >= 0.6 is 11.3 Å². The van der Waals surface area contributed by atoms with E-state index >= 15 is 0 Å². The van der Waals surface area contributed by atoms with E-state index in [1.165, 1.54) is 24.0 Å². The maximum absolute atomic E-state index is 13.2. The van der Waals surface area contributed by atoms with Crippen molar-refractivity contribution in [3.8, 4) is 0 Å². The van der Waals surface area contributed by atoms with Gasteiger partial charge in [0.1, 0.15) is 5.82 Å². The molecule has 5 nitrogen and oxygen atoms in total. The summed E-state index contributed by atoms with van der Waals surface area (Å²) in [6.07, 6.45) is 0. The lowest BCUT2D eigenvalue weighted by molar-refractivity contribution is -0.140. The molecule has 0 saturated heterocycles. The number of hydrogen-bond acceptors (Lipinski definition) is 4. The number of carbonyl (C=O) groups is 2. The monoisotopic (exact) mass is 392 g/mol. The summed E-state index contributed by atoms with van der Waals surface area (Å²) in [5.74, 6) is -0.638. The average molecular weight is 392 g/mol. The van der Waals surface area contributed by atoms with Gasteiger partial charge in [0.25, 0.3) is 0 Å². The van der Waals surface area contributed by atoms with Crippen molar-refractivity contribution in [2.75, 3.05) is 26.8 Å². The predicted octanol–water partition coefficient (Wildman–Crippen LogP) is 3.22. The fraction of sp³-hybridized carbons (Fsp3) is 0.400. The van der Waals surface area contributed by atoms with E-state index in [2.05, 4.69) is 0 Å². The predicted molar refractivity (Wildman–Crippen MR) is 104 cm³/mol. The van der Waals surface area contributed by atoms with Crippen LogP contribution in [0.5, 0.6) is 0 Å². The summed E-state index contributed by atoms with van der Waals surface area (Å²) in [6, 6.07) is 8.12. The Hall–Kier alpha value is -2.25. The Morgan fingerprint density at radius 3 is 2.37 bits per heavy atom. The van der Waals surface area contributed by atoms with E-state index in [0.717, 1.165) is 16.0 Å². The summed E-state index contributed by atoms with van der Waals surface area (Å²) < 4.78 is 18.2. The van der Waals surface area contributed by atoms with Gasteiger partial charge >= 0.3 is 0 Å². The van der Waals surface area contributed by atoms with E-state index in [9.17, 15) is 14.0 Å². The number of rotatable bonds is 9. The number of benzene rings is 1. The van der Waals surface area contributed by atoms with Gasteiger partial charge in [0.15, 0.2) is 0 Å². The first-order valence-electron chi connectivity index (χ1n) is 8.70. The highest BCUT2D eigenvalue weighted by molar-refractivity contribution is 7.10. The van der Waals surface area contributed by atoms with Crippen molar-refractivity contribution in [2.24, 2.45) is 0 Å². The first-order valence-corrected chi connectivity index (χ1v) is 9.58. The van der Waals surface area contributed by atoms with Gasteiger partial charge in [-0.3, -0.25) is 9.59 Å². The largest absolute Gasteiger partial charge is 0.383 e. The Balaban J connectivity index is 2.16. The lowest BCUT2D eigenvalue weighted by Crippen LogP contribution is -2.42. The minimum absolute atomic E-state index is 0.00961. The summed E-state index contributed by atoms with van der Waals surface area (Å²) in [5, 5.41) is 1.99. The van der Waals surface area contributed by atoms with Crippen LogP contribution in [0.3, 0.4) is 0 Å². The van der Waals surface area contributed by atoms with Gasteiger partial charge in [0, 0.05) is 32.0 Å². The number of hydrogen-bond donors (Lipinski definition) is 0. The van der Waals surface area contributed by atoms with Crippen LogP contribution in [0, 0.1) is 12.7 Å². The van der Waals surface area contributed by atoms with Crippen LogP contribution in [0.2, 0.25) is 0 Å². The molecular weight excluding hydrogens is 367 g/mol. The minimum atomic E-state index is -0.312. The van der Waals surface area contributed by atoms with Crippen molar-refractivity contribution in [3.05, 3.63) is 57.5 Å². The Kier molecular flexibility index (Phi) is 7.94. The van der Waals surface area contributed by atoms with E-state index in [1.807, 2.05) is 18.4 Å². The van der Waals surface area contributed by atoms with Crippen molar-refractivity contribution in [3.63, 3.8) is 0 Å². The van der Waals surface area contributed by atoms with Crippen molar-refractivity contribution < 1.29 is 18.7 Å². The third-order valence-corrected chi connectivity index (χ3v) is 5.29. The molecule has 27 heavy (non-hydrogen) atoms. The zero-order chi connectivity index (χ0) is 19.8. The maximum atomic E-state index is 13.2. The number of halogens is 1. The fourth-order valence-electron chi connectivity index (χ4n) is 2.59. The molecule has 1 heterocycles. The van der Waals surface area contributed by atoms with Crippen LogP contribution in [-0.4, -0.2) is 48.4 Å². The molecule has 7 heteroatoms. The van der Waals surface area contributed by atoms with E-state index in [4.69, 9.17) is 4.74 Å². The molecule has 2 amide bonds. The number of methoxy groups -OCH3 is 1. The summed E-state index contributed by atoms with van der Waals surface area (Å²) in [5.41, 5.74) is 1.96. The first-order chi connectivity index (χ1) is 12.9. The molecule has 0 aliphatic carbocycles. The molecule has 1 aromatic heterocycles. The van der Waals surface area contributed by atoms with E-state index in [1.54, 1.807) is 35.5 Å². The number of aryl methyl sites for hydroxylation is 1. The number of nitrogens with zero attached hydrogens (tertiary/aromatic N) is 2. The molecule has 1 aromatic carbocycles. The third kappa shape index (κ3) is 6.45. The van der Waals surface area contributed by atoms with Crippen LogP contribution in [0.4, 0.5) is 4.39 Å². The van der Waals surface area contributed by atoms with Crippen molar-refractivity contribution in [1.29, 1.82) is 0 Å². The fourth-order valence-corrected chi connectivity index (χ4v) is 3.52. The Labute approximate surface area is 163 Å². The molecule has 0 radical (unpaired) electrons. The standard InChI is InChI=1S/C20H25FN2O3S/c1-15-8-11-27-19(15)13-23(12-17-4-6-18(21)7-5-17)20(25)14-22(16(2)24)9-10-26-3/h4-8,11H,9-10,12-14H2,1-3H3. The van der Waals surface area contributed by atoms with Gasteiger partial charge in [0.2, 0.25) is 11.8 Å². The van der Waals surface area contributed by atoms with Gasteiger partial charge in [-0.1, -0.05) is 12.1 Å². The lowest BCUT2D eigenvalue weighted by atomic mass is 10.2. The van der Waals surface area contributed by atoms with Gasteiger partial charge in [-0.15, -0.1) is 11.3 Å². The highest BCUT2D eigenvalue weighted by atomic mass is 32.1. The van der Waals surface area contributed by atoms with E-state index < -0.39 is 0 Å². The molecule has 0 atom stereocenters. The van der Waals surface area contributed by atoms with E-state index in [0.29, 0.717) is 26.2 Å². The number of ether oxygens (including phenoxy) is 1. The van der Waals surface area contributed by atoms with Crippen molar-refractivity contribution in [1.82, 2.24) is 9.80 Å². The van der Waals surface area contributed by atoms with Crippen LogP contribution in [0.25, 0.3) is 0 Å². The number of amides is 2. The molecule has 0 fully saturated rings. The third-order valence-electron chi connectivity index (χ3n) is 4.28. The summed E-state index contributed by atoms with van der Waals surface area (Å²) in [7, 11) is 1.56. The van der Waals surface area contributed by atoms with Crippen molar-refractivity contribution in [2.45, 2.75) is 26.9 Å². The molecule has 0 aliphatic rings. The molecule has 0 aliphatic heterocycles. The molecule has 0 saturated carbocycles. The second-order valence-electron chi connectivity index (χ2n) is 6.34. The molecule has 0 bridgehead atoms. The van der Waals surface area contributed by atoms with Gasteiger partial charge in [-0.25, -0.2) is 4.39 Å². The molecule has 0 unspecified atom stereocenters. The number of thiophene rings is 1. The highest BCUT2D eigenvalue weighted by Crippen LogP contribution is 2.20. The summed E-state index contributed by atoms with van der Waals surface area (Å²) in [4.78, 5) is 29.1. The zero-order valence-electron chi connectivity index (χ0n) is 15.9. The molecule has 0 N–H and O–H groups in total. The smallest absolute Gasteiger partial charge is 0.242 e. The van der Waals surface area contributed by atoms with Crippen LogP contribution < -0.4 is 0 Å². The van der Waals surface area contributed by atoms with Gasteiger partial charge in [0.05, 0.1) is 19.7 Å². The maximum Gasteiger partial charge on any atom is 0.242 e. The van der Waals surface area contributed by atoms with Crippen LogP contribution in [0.1, 0.15) is 22.9 Å². The second kappa shape index (κ2) is 10.2. The Morgan fingerprint density at radius 1 is 1.11 bits per heavy atom.